The highest BCUT2D eigenvalue weighted by atomic mass is 32.2. The minimum absolute atomic E-state index is 0.0762. The standard InChI is InChI=1S/C21H23N7O4S/c1-4-11-27-19-10-9-15(33(30,31)26(2)3)12-17(19)23-20(27)13-32-21(29)16-7-5-6-8-18(16)28-14-22-24-25-28/h5-10,12,14H,4,11,13H2,1-3H3. The highest BCUT2D eigenvalue weighted by molar-refractivity contribution is 7.89. The predicted octanol–water partition coefficient (Wildman–Crippen LogP) is 2.03. The summed E-state index contributed by atoms with van der Waals surface area (Å²) in [5, 5.41) is 11.0. The Morgan fingerprint density at radius 2 is 1.94 bits per heavy atom. The predicted molar refractivity (Wildman–Crippen MR) is 119 cm³/mol. The summed E-state index contributed by atoms with van der Waals surface area (Å²) < 4.78 is 35.0. The highest BCUT2D eigenvalue weighted by Gasteiger charge is 2.21. The van der Waals surface area contributed by atoms with Gasteiger partial charge in [0.15, 0.2) is 0 Å². The van der Waals surface area contributed by atoms with E-state index in [-0.39, 0.29) is 11.5 Å². The molecule has 172 valence electrons. The van der Waals surface area contributed by atoms with Crippen LogP contribution in [0, 0.1) is 0 Å². The minimum Gasteiger partial charge on any atom is -0.454 e. The molecule has 4 rings (SSSR count). The van der Waals surface area contributed by atoms with Gasteiger partial charge in [-0.3, -0.25) is 0 Å². The Labute approximate surface area is 190 Å². The zero-order valence-corrected chi connectivity index (χ0v) is 19.2. The maximum absolute atomic E-state index is 12.9. The summed E-state index contributed by atoms with van der Waals surface area (Å²) in [6.45, 7) is 2.59. The Balaban J connectivity index is 1.64. The lowest BCUT2D eigenvalue weighted by molar-refractivity contribution is 0.0458. The Kier molecular flexibility index (Phi) is 6.20. The number of aromatic nitrogens is 6. The molecule has 4 aromatic rings. The van der Waals surface area contributed by atoms with E-state index in [1.54, 1.807) is 36.4 Å². The summed E-state index contributed by atoms with van der Waals surface area (Å²) in [6, 6.07) is 11.7. The molecule has 0 radical (unpaired) electrons. The summed E-state index contributed by atoms with van der Waals surface area (Å²) in [7, 11) is -0.633. The summed E-state index contributed by atoms with van der Waals surface area (Å²) in [5.41, 5.74) is 2.09. The molecule has 2 aromatic carbocycles. The summed E-state index contributed by atoms with van der Waals surface area (Å²) in [4.78, 5) is 17.6. The molecule has 0 saturated heterocycles. The third-order valence-electron chi connectivity index (χ3n) is 5.08. The SMILES string of the molecule is CCCn1c(COC(=O)c2ccccc2-n2cnnn2)nc2cc(S(=O)(=O)N(C)C)ccc21. The molecule has 0 aliphatic rings. The van der Waals surface area contributed by atoms with Crippen molar-refractivity contribution < 1.29 is 17.9 Å². The van der Waals surface area contributed by atoms with Crippen LogP contribution >= 0.6 is 0 Å². The zero-order valence-electron chi connectivity index (χ0n) is 18.4. The molecule has 0 unspecified atom stereocenters. The number of rotatable bonds is 8. The molecule has 0 fully saturated rings. The Morgan fingerprint density at radius 1 is 1.15 bits per heavy atom. The number of carbonyl (C=O) groups is 1. The van der Waals surface area contributed by atoms with Crippen LogP contribution < -0.4 is 0 Å². The van der Waals surface area contributed by atoms with Gasteiger partial charge < -0.3 is 9.30 Å². The van der Waals surface area contributed by atoms with Gasteiger partial charge in [-0.2, -0.15) is 4.68 Å². The molecule has 0 amide bonds. The maximum atomic E-state index is 12.9. The zero-order chi connectivity index (χ0) is 23.6. The number of carbonyl (C=O) groups excluding carboxylic acids is 1. The molecule has 0 N–H and O–H groups in total. The number of hydrogen-bond donors (Lipinski definition) is 0. The lowest BCUT2D eigenvalue weighted by Crippen LogP contribution is -2.22. The van der Waals surface area contributed by atoms with Gasteiger partial charge in [0.05, 0.1) is 27.2 Å². The number of imidazole rings is 1. The van der Waals surface area contributed by atoms with Crippen LogP contribution in [0.3, 0.4) is 0 Å². The van der Waals surface area contributed by atoms with E-state index in [0.29, 0.717) is 29.1 Å². The molecule has 12 heteroatoms. The molecule has 2 aromatic heterocycles. The van der Waals surface area contributed by atoms with Crippen molar-refractivity contribution in [2.45, 2.75) is 31.4 Å². The van der Waals surface area contributed by atoms with Crippen molar-refractivity contribution in [3.8, 4) is 5.69 Å². The number of benzene rings is 2. The average Bonchev–Trinajstić information content (AvgIpc) is 3.46. The van der Waals surface area contributed by atoms with Crippen LogP contribution in [0.1, 0.15) is 29.5 Å². The quantitative estimate of drug-likeness (QED) is 0.359. The van der Waals surface area contributed by atoms with Crippen LogP contribution in [0.15, 0.2) is 53.7 Å². The Morgan fingerprint density at radius 3 is 2.64 bits per heavy atom. The third-order valence-corrected chi connectivity index (χ3v) is 6.89. The van der Waals surface area contributed by atoms with Gasteiger partial charge in [0.2, 0.25) is 10.0 Å². The number of aryl methyl sites for hydroxylation is 1. The van der Waals surface area contributed by atoms with E-state index in [1.165, 1.54) is 31.2 Å². The first-order valence-corrected chi connectivity index (χ1v) is 11.7. The number of fused-ring (bicyclic) bond motifs is 1. The van der Waals surface area contributed by atoms with E-state index in [0.717, 1.165) is 16.2 Å². The van der Waals surface area contributed by atoms with Gasteiger partial charge in [-0.25, -0.2) is 22.5 Å². The van der Waals surface area contributed by atoms with Crippen LogP contribution in [-0.2, 0) is 27.9 Å². The smallest absolute Gasteiger partial charge is 0.340 e. The molecule has 0 saturated carbocycles. The largest absolute Gasteiger partial charge is 0.454 e. The molecule has 11 nitrogen and oxygen atoms in total. The van der Waals surface area contributed by atoms with Gasteiger partial charge in [-0.1, -0.05) is 19.1 Å². The first-order chi connectivity index (χ1) is 15.8. The van der Waals surface area contributed by atoms with Gasteiger partial charge in [-0.15, -0.1) is 5.10 Å². The lowest BCUT2D eigenvalue weighted by Gasteiger charge is -2.12. The van der Waals surface area contributed by atoms with Crippen LogP contribution in [0.2, 0.25) is 0 Å². The Hall–Kier alpha value is -3.64. The molecule has 0 atom stereocenters. The number of para-hydroxylation sites is 1. The van der Waals surface area contributed by atoms with E-state index in [2.05, 4.69) is 20.5 Å². The topological polar surface area (TPSA) is 125 Å². The summed E-state index contributed by atoms with van der Waals surface area (Å²) >= 11 is 0. The van der Waals surface area contributed by atoms with Crippen LogP contribution in [0.4, 0.5) is 0 Å². The van der Waals surface area contributed by atoms with E-state index in [1.807, 2.05) is 11.5 Å². The maximum Gasteiger partial charge on any atom is 0.340 e. The number of ether oxygens (including phenoxy) is 1. The molecular formula is C21H23N7O4S. The first-order valence-electron chi connectivity index (χ1n) is 10.2. The van der Waals surface area contributed by atoms with Crippen molar-refractivity contribution in [3.63, 3.8) is 0 Å². The van der Waals surface area contributed by atoms with E-state index in [9.17, 15) is 13.2 Å². The number of tetrazole rings is 1. The van der Waals surface area contributed by atoms with E-state index < -0.39 is 16.0 Å². The van der Waals surface area contributed by atoms with Gasteiger partial charge >= 0.3 is 5.97 Å². The summed E-state index contributed by atoms with van der Waals surface area (Å²) in [6.07, 6.45) is 2.22. The molecule has 2 heterocycles. The fourth-order valence-electron chi connectivity index (χ4n) is 3.44. The van der Waals surface area contributed by atoms with E-state index in [4.69, 9.17) is 4.74 Å². The Bertz CT molecular complexity index is 1400. The van der Waals surface area contributed by atoms with Crippen molar-refractivity contribution in [3.05, 3.63) is 60.2 Å². The lowest BCUT2D eigenvalue weighted by atomic mass is 10.2. The van der Waals surface area contributed by atoms with Crippen LogP contribution in [-0.4, -0.2) is 62.5 Å². The number of hydrogen-bond acceptors (Lipinski definition) is 8. The average molecular weight is 470 g/mol. The van der Waals surface area contributed by atoms with Gasteiger partial charge in [0.25, 0.3) is 0 Å². The monoisotopic (exact) mass is 469 g/mol. The summed E-state index contributed by atoms with van der Waals surface area (Å²) in [5.74, 6) is -0.0217. The van der Waals surface area contributed by atoms with Crippen molar-refractivity contribution in [1.82, 2.24) is 34.1 Å². The van der Waals surface area contributed by atoms with Gasteiger partial charge in [-0.05, 0) is 47.2 Å². The molecular weight excluding hydrogens is 446 g/mol. The van der Waals surface area contributed by atoms with Crippen LogP contribution in [0.25, 0.3) is 16.7 Å². The number of nitrogens with zero attached hydrogens (tertiary/aromatic N) is 7. The minimum atomic E-state index is -3.59. The van der Waals surface area contributed by atoms with E-state index >= 15 is 0 Å². The van der Waals surface area contributed by atoms with Crippen molar-refractivity contribution in [2.75, 3.05) is 14.1 Å². The van der Waals surface area contributed by atoms with Gasteiger partial charge in [0, 0.05) is 20.6 Å². The van der Waals surface area contributed by atoms with Crippen molar-refractivity contribution in [2.24, 2.45) is 0 Å². The second-order valence-corrected chi connectivity index (χ2v) is 9.62. The first kappa shape index (κ1) is 22.6. The normalized spacial score (nSPS) is 11.9. The fraction of sp³-hybridized carbons (Fsp3) is 0.286. The molecule has 33 heavy (non-hydrogen) atoms. The third kappa shape index (κ3) is 4.34. The molecule has 0 aliphatic carbocycles. The highest BCUT2D eigenvalue weighted by Crippen LogP contribution is 2.23. The van der Waals surface area contributed by atoms with Gasteiger partial charge in [0.1, 0.15) is 18.8 Å². The molecule has 0 bridgehead atoms. The number of sulfonamides is 1. The number of esters is 1. The molecule has 0 aliphatic heterocycles. The van der Waals surface area contributed by atoms with Crippen molar-refractivity contribution >= 4 is 27.0 Å². The van der Waals surface area contributed by atoms with Crippen molar-refractivity contribution in [1.29, 1.82) is 0 Å². The van der Waals surface area contributed by atoms with Crippen LogP contribution in [0.5, 0.6) is 0 Å². The molecule has 0 spiro atoms. The fourth-order valence-corrected chi connectivity index (χ4v) is 4.36. The second kappa shape index (κ2) is 9.08. The second-order valence-electron chi connectivity index (χ2n) is 7.47.